The van der Waals surface area contributed by atoms with Crippen molar-refractivity contribution in [3.8, 4) is 5.75 Å². The minimum Gasteiger partial charge on any atom is -0.497 e. The van der Waals surface area contributed by atoms with Crippen molar-refractivity contribution in [3.05, 3.63) is 52.0 Å². The summed E-state index contributed by atoms with van der Waals surface area (Å²) in [5.74, 6) is -1.87. The van der Waals surface area contributed by atoms with Gasteiger partial charge in [-0.2, -0.15) is 0 Å². The van der Waals surface area contributed by atoms with Crippen molar-refractivity contribution >= 4 is 46.4 Å². The summed E-state index contributed by atoms with van der Waals surface area (Å²) >= 11 is 6.37. The molecule has 0 saturated heterocycles. The van der Waals surface area contributed by atoms with Crippen LogP contribution in [0.5, 0.6) is 5.75 Å². The Balaban J connectivity index is 1.73. The molecule has 1 heterocycles. The molecule has 10 heteroatoms. The molecule has 1 amide bonds. The molecule has 0 aromatic heterocycles. The Hall–Kier alpha value is -3.43. The number of Topliss-reactive ketones (excluding diaryl/α,β-unsaturated/α-hetero) is 2. The van der Waals surface area contributed by atoms with Crippen molar-refractivity contribution in [1.29, 1.82) is 0 Å². The standard InChI is InChI=1S/C22H19ClN2O7/c1-30-10-4-7-15(11(8-10)22(29)32-3)25-9-12-13(23)5-6-14(16(12)21(25)28)24-17-18(26)19(27)20(17)31-2/h4-8,17,20,24H,9H2,1-3H3. The summed E-state index contributed by atoms with van der Waals surface area (Å²) in [6.07, 6.45) is -0.922. The number of hydrogen-bond acceptors (Lipinski definition) is 8. The Kier molecular flexibility index (Phi) is 5.62. The molecule has 166 valence electrons. The fraction of sp³-hybridized carbons (Fsp3) is 0.273. The molecule has 1 aliphatic carbocycles. The van der Waals surface area contributed by atoms with Crippen molar-refractivity contribution in [1.82, 2.24) is 0 Å². The Morgan fingerprint density at radius 2 is 1.84 bits per heavy atom. The lowest BCUT2D eigenvalue weighted by Crippen LogP contribution is -2.62. The van der Waals surface area contributed by atoms with E-state index in [4.69, 9.17) is 25.8 Å². The number of ether oxygens (including phenoxy) is 3. The number of halogens is 1. The second-order valence-electron chi connectivity index (χ2n) is 7.22. The molecule has 1 saturated carbocycles. The van der Waals surface area contributed by atoms with E-state index >= 15 is 0 Å². The minimum atomic E-state index is -0.922. The second kappa shape index (κ2) is 8.25. The molecule has 0 spiro atoms. The molecule has 2 unspecified atom stereocenters. The first-order valence-corrected chi connectivity index (χ1v) is 9.97. The van der Waals surface area contributed by atoms with Crippen LogP contribution >= 0.6 is 11.6 Å². The van der Waals surface area contributed by atoms with E-state index in [9.17, 15) is 19.2 Å². The molecule has 2 aromatic carbocycles. The molecule has 0 radical (unpaired) electrons. The molecule has 1 N–H and O–H groups in total. The lowest BCUT2D eigenvalue weighted by atomic mass is 9.85. The van der Waals surface area contributed by atoms with E-state index < -0.39 is 35.6 Å². The topological polar surface area (TPSA) is 111 Å². The fourth-order valence-electron chi connectivity index (χ4n) is 3.89. The summed E-state index contributed by atoms with van der Waals surface area (Å²) in [6, 6.07) is 6.97. The van der Waals surface area contributed by atoms with Gasteiger partial charge in [-0.15, -0.1) is 0 Å². The van der Waals surface area contributed by atoms with Gasteiger partial charge in [0.05, 0.1) is 37.6 Å². The summed E-state index contributed by atoms with van der Waals surface area (Å²) in [4.78, 5) is 50.9. The van der Waals surface area contributed by atoms with E-state index in [1.54, 1.807) is 24.3 Å². The zero-order valence-corrected chi connectivity index (χ0v) is 18.2. The van der Waals surface area contributed by atoms with Gasteiger partial charge < -0.3 is 24.4 Å². The number of hydrogen-bond donors (Lipinski definition) is 1. The molecule has 1 aliphatic heterocycles. The number of methoxy groups -OCH3 is 3. The summed E-state index contributed by atoms with van der Waals surface area (Å²) in [6.45, 7) is 0.101. The highest BCUT2D eigenvalue weighted by Crippen LogP contribution is 2.39. The predicted molar refractivity (Wildman–Crippen MR) is 115 cm³/mol. The number of benzene rings is 2. The third kappa shape index (κ3) is 3.30. The third-order valence-electron chi connectivity index (χ3n) is 5.58. The van der Waals surface area contributed by atoms with E-state index in [-0.39, 0.29) is 17.7 Å². The van der Waals surface area contributed by atoms with Crippen LogP contribution in [0.3, 0.4) is 0 Å². The van der Waals surface area contributed by atoms with Gasteiger partial charge in [0, 0.05) is 23.4 Å². The van der Waals surface area contributed by atoms with Crippen LogP contribution in [0, 0.1) is 0 Å². The van der Waals surface area contributed by atoms with Crippen LogP contribution in [0.15, 0.2) is 30.3 Å². The first-order valence-electron chi connectivity index (χ1n) is 9.59. The SMILES string of the molecule is COC(=O)c1cc(OC)ccc1N1Cc2c(Cl)ccc(NC3C(=O)C(=O)C3OC)c2C1=O. The van der Waals surface area contributed by atoms with E-state index in [1.165, 1.54) is 32.3 Å². The van der Waals surface area contributed by atoms with Crippen molar-refractivity contribution in [2.75, 3.05) is 31.5 Å². The average molecular weight is 459 g/mol. The molecule has 2 atom stereocenters. The van der Waals surface area contributed by atoms with Gasteiger partial charge >= 0.3 is 5.97 Å². The van der Waals surface area contributed by atoms with Crippen LogP contribution in [0.4, 0.5) is 11.4 Å². The normalized spacial score (nSPS) is 19.5. The number of amides is 1. The lowest BCUT2D eigenvalue weighted by Gasteiger charge is -2.33. The maximum atomic E-state index is 13.4. The molecule has 2 aromatic rings. The maximum Gasteiger partial charge on any atom is 0.340 e. The Morgan fingerprint density at radius 1 is 1.09 bits per heavy atom. The number of rotatable bonds is 6. The van der Waals surface area contributed by atoms with Crippen LogP contribution in [-0.2, 0) is 25.6 Å². The number of nitrogens with zero attached hydrogens (tertiary/aromatic N) is 1. The van der Waals surface area contributed by atoms with E-state index in [1.807, 2.05) is 0 Å². The molecule has 9 nitrogen and oxygen atoms in total. The van der Waals surface area contributed by atoms with E-state index in [0.717, 1.165) is 0 Å². The lowest BCUT2D eigenvalue weighted by molar-refractivity contribution is -0.154. The monoisotopic (exact) mass is 458 g/mol. The molecule has 32 heavy (non-hydrogen) atoms. The quantitative estimate of drug-likeness (QED) is 0.518. The summed E-state index contributed by atoms with van der Waals surface area (Å²) in [5, 5.41) is 3.30. The van der Waals surface area contributed by atoms with Crippen molar-refractivity contribution in [2.45, 2.75) is 18.7 Å². The van der Waals surface area contributed by atoms with Gasteiger partial charge in [0.25, 0.3) is 5.91 Å². The Bertz CT molecular complexity index is 1160. The van der Waals surface area contributed by atoms with Gasteiger partial charge in [-0.05, 0) is 30.3 Å². The number of carbonyl (C=O) groups excluding carboxylic acids is 4. The first-order chi connectivity index (χ1) is 15.3. The summed E-state index contributed by atoms with van der Waals surface area (Å²) < 4.78 is 15.1. The number of carbonyl (C=O) groups is 4. The van der Waals surface area contributed by atoms with Crippen molar-refractivity contribution in [3.63, 3.8) is 0 Å². The number of esters is 1. The zero-order chi connectivity index (χ0) is 23.2. The fourth-order valence-corrected chi connectivity index (χ4v) is 4.11. The van der Waals surface area contributed by atoms with Gasteiger partial charge in [0.1, 0.15) is 11.8 Å². The molecule has 4 rings (SSSR count). The van der Waals surface area contributed by atoms with Crippen LogP contribution in [0.2, 0.25) is 5.02 Å². The minimum absolute atomic E-state index is 0.101. The smallest absolute Gasteiger partial charge is 0.340 e. The molecule has 2 aliphatic rings. The molecular weight excluding hydrogens is 440 g/mol. The van der Waals surface area contributed by atoms with Gasteiger partial charge in [0.15, 0.2) is 6.10 Å². The van der Waals surface area contributed by atoms with Crippen molar-refractivity contribution in [2.24, 2.45) is 0 Å². The maximum absolute atomic E-state index is 13.4. The van der Waals surface area contributed by atoms with Crippen LogP contribution in [0.1, 0.15) is 26.3 Å². The van der Waals surface area contributed by atoms with Gasteiger partial charge in [0.2, 0.25) is 11.6 Å². The highest BCUT2D eigenvalue weighted by Gasteiger charge is 2.50. The van der Waals surface area contributed by atoms with E-state index in [0.29, 0.717) is 27.7 Å². The van der Waals surface area contributed by atoms with Gasteiger partial charge in [-0.3, -0.25) is 14.4 Å². The number of nitrogens with one attached hydrogen (secondary N) is 1. The second-order valence-corrected chi connectivity index (χ2v) is 7.63. The van der Waals surface area contributed by atoms with Crippen LogP contribution < -0.4 is 15.0 Å². The summed E-state index contributed by atoms with van der Waals surface area (Å²) in [7, 11) is 4.04. The first kappa shape index (κ1) is 21.8. The average Bonchev–Trinajstić information content (AvgIpc) is 3.17. The third-order valence-corrected chi connectivity index (χ3v) is 5.94. The number of anilines is 2. The number of fused-ring (bicyclic) bond motifs is 1. The highest BCUT2D eigenvalue weighted by atomic mass is 35.5. The van der Waals surface area contributed by atoms with Crippen LogP contribution in [-0.4, -0.2) is 56.9 Å². The highest BCUT2D eigenvalue weighted by molar-refractivity contribution is 6.49. The van der Waals surface area contributed by atoms with Crippen LogP contribution in [0.25, 0.3) is 0 Å². The largest absolute Gasteiger partial charge is 0.497 e. The number of ketones is 2. The molecule has 1 fully saturated rings. The predicted octanol–water partition coefficient (Wildman–Crippen LogP) is 2.24. The van der Waals surface area contributed by atoms with E-state index in [2.05, 4.69) is 5.32 Å². The van der Waals surface area contributed by atoms with Crippen molar-refractivity contribution < 1.29 is 33.4 Å². The Morgan fingerprint density at radius 3 is 2.50 bits per heavy atom. The summed E-state index contributed by atoms with van der Waals surface area (Å²) in [5.41, 5.74) is 1.60. The molecule has 0 bridgehead atoms. The zero-order valence-electron chi connectivity index (χ0n) is 17.4. The van der Waals surface area contributed by atoms with Gasteiger partial charge in [-0.25, -0.2) is 4.79 Å². The molecular formula is C22H19ClN2O7. The Labute approximate surface area is 188 Å². The van der Waals surface area contributed by atoms with Gasteiger partial charge in [-0.1, -0.05) is 11.6 Å².